The molecule has 1 unspecified atom stereocenters. The number of allylic oxidation sites excluding steroid dienone is 2. The topological polar surface area (TPSA) is 9.23 Å². The van der Waals surface area contributed by atoms with Gasteiger partial charge in [-0.05, 0) is 42.5 Å². The standard InChI is InChI=1S/C19H19O/c1-3-7-16(8-4-1)15-20-19-13-11-18(12-14-19)17-9-5-2-6-10-17/h1,3-5,7-14,17H,2,6,15H2. The maximum atomic E-state index is 5.81. The summed E-state index contributed by atoms with van der Waals surface area (Å²) >= 11 is 0. The summed E-state index contributed by atoms with van der Waals surface area (Å²) in [7, 11) is 0. The molecule has 0 N–H and O–H groups in total. The van der Waals surface area contributed by atoms with Gasteiger partial charge in [0.05, 0.1) is 0 Å². The summed E-state index contributed by atoms with van der Waals surface area (Å²) in [5.74, 6) is 1.39. The number of hydrogen-bond acceptors (Lipinski definition) is 1. The fourth-order valence-electron chi connectivity index (χ4n) is 2.47. The van der Waals surface area contributed by atoms with Crippen molar-refractivity contribution in [3.63, 3.8) is 0 Å². The quantitative estimate of drug-likeness (QED) is 0.713. The van der Waals surface area contributed by atoms with E-state index in [-0.39, 0.29) is 0 Å². The van der Waals surface area contributed by atoms with Gasteiger partial charge >= 0.3 is 0 Å². The van der Waals surface area contributed by atoms with Crippen LogP contribution in [0.5, 0.6) is 5.75 Å². The van der Waals surface area contributed by atoms with Crippen LogP contribution in [0.2, 0.25) is 0 Å². The first-order valence-corrected chi connectivity index (χ1v) is 7.18. The summed E-state index contributed by atoms with van der Waals surface area (Å²) in [5, 5.41) is 0. The number of rotatable bonds is 4. The highest BCUT2D eigenvalue weighted by molar-refractivity contribution is 5.34. The van der Waals surface area contributed by atoms with Gasteiger partial charge in [-0.1, -0.05) is 54.6 Å². The molecule has 3 rings (SSSR count). The molecule has 0 bridgehead atoms. The van der Waals surface area contributed by atoms with E-state index in [1.807, 2.05) is 18.2 Å². The monoisotopic (exact) mass is 263 g/mol. The smallest absolute Gasteiger partial charge is 0.119 e. The maximum Gasteiger partial charge on any atom is 0.119 e. The molecule has 101 valence electrons. The average Bonchev–Trinajstić information content (AvgIpc) is 2.55. The zero-order valence-corrected chi connectivity index (χ0v) is 11.5. The molecular weight excluding hydrogens is 244 g/mol. The van der Waals surface area contributed by atoms with Gasteiger partial charge in [0.15, 0.2) is 0 Å². The fourth-order valence-corrected chi connectivity index (χ4v) is 2.47. The molecule has 1 heteroatoms. The second-order valence-corrected chi connectivity index (χ2v) is 5.11. The van der Waals surface area contributed by atoms with Gasteiger partial charge in [0.1, 0.15) is 12.4 Å². The van der Waals surface area contributed by atoms with Gasteiger partial charge < -0.3 is 4.74 Å². The fraction of sp³-hybridized carbons (Fsp3) is 0.211. The molecular formula is C19H19O. The molecule has 0 spiro atoms. The Morgan fingerprint density at radius 1 is 0.900 bits per heavy atom. The Hall–Kier alpha value is -2.02. The lowest BCUT2D eigenvalue weighted by molar-refractivity contribution is 0.306. The average molecular weight is 263 g/mol. The van der Waals surface area contributed by atoms with Crippen molar-refractivity contribution >= 4 is 0 Å². The lowest BCUT2D eigenvalue weighted by Gasteiger charge is -2.16. The van der Waals surface area contributed by atoms with Gasteiger partial charge in [-0.2, -0.15) is 0 Å². The first-order chi connectivity index (χ1) is 9.92. The van der Waals surface area contributed by atoms with Crippen molar-refractivity contribution in [1.82, 2.24) is 0 Å². The van der Waals surface area contributed by atoms with Crippen molar-refractivity contribution in [3.05, 3.63) is 84.3 Å². The lowest BCUT2D eigenvalue weighted by Crippen LogP contribution is -2.00. The van der Waals surface area contributed by atoms with Crippen molar-refractivity contribution < 1.29 is 4.74 Å². The molecule has 20 heavy (non-hydrogen) atoms. The van der Waals surface area contributed by atoms with Crippen molar-refractivity contribution in [3.8, 4) is 5.75 Å². The number of hydrogen-bond donors (Lipinski definition) is 0. The normalized spacial score (nSPS) is 17.9. The molecule has 1 aliphatic carbocycles. The van der Waals surface area contributed by atoms with E-state index in [1.54, 1.807) is 0 Å². The van der Waals surface area contributed by atoms with Crippen molar-refractivity contribution in [2.24, 2.45) is 0 Å². The molecule has 1 nitrogen and oxygen atoms in total. The maximum absolute atomic E-state index is 5.81. The molecule has 0 saturated carbocycles. The van der Waals surface area contributed by atoms with Crippen LogP contribution in [0.4, 0.5) is 0 Å². The first-order valence-electron chi connectivity index (χ1n) is 7.18. The van der Waals surface area contributed by atoms with Gasteiger partial charge in [0.2, 0.25) is 0 Å². The molecule has 1 radical (unpaired) electrons. The van der Waals surface area contributed by atoms with E-state index >= 15 is 0 Å². The predicted molar refractivity (Wildman–Crippen MR) is 82.6 cm³/mol. The molecule has 2 aromatic carbocycles. The Morgan fingerprint density at radius 3 is 2.40 bits per heavy atom. The second-order valence-electron chi connectivity index (χ2n) is 5.11. The Balaban J connectivity index is 1.61. The van der Waals surface area contributed by atoms with Gasteiger partial charge in [0, 0.05) is 5.92 Å². The SMILES string of the molecule is [CH]1CCC=CC1c1ccc(OCc2ccccc2)cc1. The van der Waals surface area contributed by atoms with Crippen LogP contribution >= 0.6 is 0 Å². The summed E-state index contributed by atoms with van der Waals surface area (Å²) < 4.78 is 5.81. The Labute approximate surface area is 120 Å². The molecule has 0 aliphatic heterocycles. The predicted octanol–water partition coefficient (Wildman–Crippen LogP) is 4.90. The van der Waals surface area contributed by atoms with Crippen LogP contribution in [0.3, 0.4) is 0 Å². The van der Waals surface area contributed by atoms with E-state index in [2.05, 4.69) is 55.0 Å². The molecule has 0 amide bonds. The minimum Gasteiger partial charge on any atom is -0.489 e. The molecule has 0 saturated heterocycles. The van der Waals surface area contributed by atoms with Gasteiger partial charge in [-0.25, -0.2) is 0 Å². The van der Waals surface area contributed by atoms with Crippen LogP contribution in [-0.2, 0) is 6.61 Å². The highest BCUT2D eigenvalue weighted by Crippen LogP contribution is 2.28. The molecule has 1 aliphatic rings. The van der Waals surface area contributed by atoms with E-state index in [0.29, 0.717) is 12.5 Å². The Kier molecular flexibility index (Phi) is 4.17. The molecule has 2 aromatic rings. The number of ether oxygens (including phenoxy) is 1. The minimum absolute atomic E-state index is 0.465. The lowest BCUT2D eigenvalue weighted by atomic mass is 9.89. The van der Waals surface area contributed by atoms with Crippen molar-refractivity contribution in [2.75, 3.05) is 0 Å². The van der Waals surface area contributed by atoms with Gasteiger partial charge in [-0.3, -0.25) is 0 Å². The van der Waals surface area contributed by atoms with E-state index in [0.717, 1.165) is 5.75 Å². The minimum atomic E-state index is 0.465. The second kappa shape index (κ2) is 6.42. The van der Waals surface area contributed by atoms with E-state index in [1.165, 1.54) is 24.0 Å². The molecule has 0 fully saturated rings. The Morgan fingerprint density at radius 2 is 1.70 bits per heavy atom. The van der Waals surface area contributed by atoms with E-state index in [9.17, 15) is 0 Å². The van der Waals surface area contributed by atoms with Crippen LogP contribution < -0.4 is 4.74 Å². The zero-order valence-electron chi connectivity index (χ0n) is 11.5. The molecule has 1 atom stereocenters. The molecule has 0 aromatic heterocycles. The van der Waals surface area contributed by atoms with Crippen LogP contribution in [0.25, 0.3) is 0 Å². The summed E-state index contributed by atoms with van der Waals surface area (Å²) in [6.45, 7) is 0.621. The zero-order chi connectivity index (χ0) is 13.6. The van der Waals surface area contributed by atoms with Crippen LogP contribution in [-0.4, -0.2) is 0 Å². The highest BCUT2D eigenvalue weighted by atomic mass is 16.5. The Bertz CT molecular complexity index is 554. The van der Waals surface area contributed by atoms with Crippen molar-refractivity contribution in [1.29, 1.82) is 0 Å². The number of benzene rings is 2. The highest BCUT2D eigenvalue weighted by Gasteiger charge is 2.10. The summed E-state index contributed by atoms with van der Waals surface area (Å²) in [6.07, 6.45) is 9.27. The summed E-state index contributed by atoms with van der Waals surface area (Å²) in [6, 6.07) is 18.7. The van der Waals surface area contributed by atoms with E-state index < -0.39 is 0 Å². The molecule has 0 heterocycles. The van der Waals surface area contributed by atoms with Crippen LogP contribution in [0, 0.1) is 6.42 Å². The largest absolute Gasteiger partial charge is 0.489 e. The van der Waals surface area contributed by atoms with Gasteiger partial charge in [0.25, 0.3) is 0 Å². The third-order valence-corrected chi connectivity index (χ3v) is 3.61. The van der Waals surface area contributed by atoms with Crippen molar-refractivity contribution in [2.45, 2.75) is 25.4 Å². The third kappa shape index (κ3) is 3.30. The summed E-state index contributed by atoms with van der Waals surface area (Å²) in [4.78, 5) is 0. The van der Waals surface area contributed by atoms with Crippen LogP contribution in [0.15, 0.2) is 66.7 Å². The third-order valence-electron chi connectivity index (χ3n) is 3.61. The van der Waals surface area contributed by atoms with E-state index in [4.69, 9.17) is 4.74 Å². The summed E-state index contributed by atoms with van der Waals surface area (Å²) in [5.41, 5.74) is 2.54. The van der Waals surface area contributed by atoms with Gasteiger partial charge in [-0.15, -0.1) is 0 Å². The van der Waals surface area contributed by atoms with Crippen LogP contribution in [0.1, 0.15) is 29.9 Å². The first kappa shape index (κ1) is 13.0.